The van der Waals surface area contributed by atoms with Crippen LogP contribution in [-0.4, -0.2) is 62.1 Å². The third-order valence-electron chi connectivity index (χ3n) is 8.98. The summed E-state index contributed by atoms with van der Waals surface area (Å²) < 4.78 is 48.4. The molecule has 0 bridgehead atoms. The molecule has 1 saturated heterocycles. The number of hydrogen-bond acceptors (Lipinski definition) is 9. The average molecular weight is 686 g/mol. The van der Waals surface area contributed by atoms with Crippen molar-refractivity contribution in [3.8, 4) is 0 Å². The number of aromatic nitrogens is 2. The van der Waals surface area contributed by atoms with Gasteiger partial charge in [-0.05, 0) is 56.5 Å². The van der Waals surface area contributed by atoms with E-state index in [-0.39, 0.29) is 36.1 Å². The van der Waals surface area contributed by atoms with Gasteiger partial charge in [0.1, 0.15) is 12.0 Å². The van der Waals surface area contributed by atoms with Gasteiger partial charge >= 0.3 is 5.69 Å². The van der Waals surface area contributed by atoms with Crippen LogP contribution in [0, 0.1) is 12.8 Å². The minimum Gasteiger partial charge on any atom is -0.405 e. The van der Waals surface area contributed by atoms with Crippen molar-refractivity contribution < 1.29 is 27.7 Å². The lowest BCUT2D eigenvalue weighted by Crippen LogP contribution is -2.67. The highest BCUT2D eigenvalue weighted by molar-refractivity contribution is 7.60. The van der Waals surface area contributed by atoms with E-state index in [9.17, 15) is 9.36 Å². The number of benzene rings is 2. The van der Waals surface area contributed by atoms with Crippen LogP contribution in [0.3, 0.4) is 0 Å². The second-order valence-electron chi connectivity index (χ2n) is 13.1. The second-order valence-corrected chi connectivity index (χ2v) is 20.2. The van der Waals surface area contributed by atoms with E-state index in [1.165, 1.54) is 4.57 Å². The number of nitrogens with two attached hydrogens (primary N) is 1. The zero-order valence-electron chi connectivity index (χ0n) is 29.1. The highest BCUT2D eigenvalue weighted by Crippen LogP contribution is 2.62. The summed E-state index contributed by atoms with van der Waals surface area (Å²) in [6, 6.07) is 20.8. The van der Waals surface area contributed by atoms with Crippen LogP contribution in [-0.2, 0) is 27.7 Å². The van der Waals surface area contributed by atoms with Gasteiger partial charge in [-0.3, -0.25) is 9.13 Å². The molecule has 10 nitrogen and oxygen atoms in total. The Morgan fingerprint density at radius 3 is 2.00 bits per heavy atom. The van der Waals surface area contributed by atoms with Gasteiger partial charge < -0.3 is 28.9 Å². The standard InChI is InChI=1S/C35H52N3O7PSi/c1-9-41-35(8,42-10-2)46(40,43-11-3)25-27-22-31(38-23-26(4)32(36)37-33(38)39)45-30(27)24-44-47(34(5,6)7,28-18-14-12-15-19-28)29-20-16-13-17-21-29/h12-21,23,27,30-31H,9-11,22,24-25H2,1-8H3,(H2,36,37,39)/t27-,30-,31?,46?/m1/s1. The van der Waals surface area contributed by atoms with Crippen molar-refractivity contribution in [1.82, 2.24) is 9.55 Å². The summed E-state index contributed by atoms with van der Waals surface area (Å²) in [5, 5.41) is 2.01. The molecule has 2 aromatic carbocycles. The summed E-state index contributed by atoms with van der Waals surface area (Å²) in [6.45, 7) is 16.6. The van der Waals surface area contributed by atoms with E-state index in [0.29, 0.717) is 25.2 Å². The van der Waals surface area contributed by atoms with E-state index in [4.69, 9.17) is 28.9 Å². The smallest absolute Gasteiger partial charge is 0.351 e. The lowest BCUT2D eigenvalue weighted by molar-refractivity contribution is -0.168. The minimum atomic E-state index is -3.61. The lowest BCUT2D eigenvalue weighted by atomic mass is 10.0. The van der Waals surface area contributed by atoms with Crippen LogP contribution in [0.2, 0.25) is 5.04 Å². The zero-order valence-corrected chi connectivity index (χ0v) is 31.0. The summed E-state index contributed by atoms with van der Waals surface area (Å²) in [5.41, 5.74) is 4.65. The molecule has 0 saturated carbocycles. The molecule has 0 aliphatic carbocycles. The van der Waals surface area contributed by atoms with Crippen molar-refractivity contribution in [3.05, 3.63) is 82.9 Å². The molecule has 0 radical (unpaired) electrons. The number of nitrogen functional groups attached to an aromatic ring is 1. The molecule has 1 aliphatic heterocycles. The number of aryl methyl sites for hydroxylation is 1. The Hall–Kier alpha value is -2.63. The van der Waals surface area contributed by atoms with Gasteiger partial charge in [0.25, 0.3) is 15.7 Å². The summed E-state index contributed by atoms with van der Waals surface area (Å²) in [7, 11) is -6.55. The largest absolute Gasteiger partial charge is 0.405 e. The minimum absolute atomic E-state index is 0.110. The van der Waals surface area contributed by atoms with Gasteiger partial charge in [-0.25, -0.2) is 4.79 Å². The summed E-state index contributed by atoms with van der Waals surface area (Å²) in [6.07, 6.45) is 0.953. The maximum absolute atomic E-state index is 14.9. The Morgan fingerprint density at radius 2 is 1.51 bits per heavy atom. The fourth-order valence-electron chi connectivity index (χ4n) is 6.71. The normalized spacial score (nSPS) is 20.3. The monoisotopic (exact) mass is 685 g/mol. The third-order valence-corrected chi connectivity index (χ3v) is 17.1. The van der Waals surface area contributed by atoms with Crippen LogP contribution in [0.15, 0.2) is 71.7 Å². The molecule has 4 atom stereocenters. The zero-order chi connectivity index (χ0) is 34.5. The van der Waals surface area contributed by atoms with Gasteiger partial charge in [0.15, 0.2) is 0 Å². The van der Waals surface area contributed by atoms with Crippen LogP contribution >= 0.6 is 7.37 Å². The molecule has 2 unspecified atom stereocenters. The van der Waals surface area contributed by atoms with E-state index in [2.05, 4.69) is 50.0 Å². The second kappa shape index (κ2) is 15.3. The third kappa shape index (κ3) is 7.67. The van der Waals surface area contributed by atoms with Crippen LogP contribution in [0.5, 0.6) is 0 Å². The average Bonchev–Trinajstić information content (AvgIpc) is 3.41. The molecule has 12 heteroatoms. The van der Waals surface area contributed by atoms with E-state index >= 15 is 0 Å². The Labute approximate surface area is 280 Å². The molecule has 2 N–H and O–H groups in total. The topological polar surface area (TPSA) is 124 Å². The molecule has 1 aliphatic rings. The first-order chi connectivity index (χ1) is 22.2. The summed E-state index contributed by atoms with van der Waals surface area (Å²) in [4.78, 5) is 17.1. The van der Waals surface area contributed by atoms with Gasteiger partial charge in [-0.2, -0.15) is 4.98 Å². The van der Waals surface area contributed by atoms with Crippen LogP contribution in [0.25, 0.3) is 0 Å². The van der Waals surface area contributed by atoms with E-state index in [1.54, 1.807) is 20.0 Å². The molecule has 2 heterocycles. The van der Waals surface area contributed by atoms with Crippen molar-refractivity contribution in [2.75, 3.05) is 38.3 Å². The molecule has 4 rings (SSSR count). The van der Waals surface area contributed by atoms with Gasteiger partial charge in [0.2, 0.25) is 5.53 Å². The number of anilines is 1. The van der Waals surface area contributed by atoms with E-state index in [1.807, 2.05) is 57.2 Å². The van der Waals surface area contributed by atoms with Gasteiger partial charge in [0, 0.05) is 37.1 Å². The van der Waals surface area contributed by atoms with Crippen LogP contribution in [0.1, 0.15) is 66.7 Å². The molecule has 47 heavy (non-hydrogen) atoms. The number of hydrogen-bond donors (Lipinski definition) is 1. The molecular formula is C35H52N3O7PSi. The summed E-state index contributed by atoms with van der Waals surface area (Å²) in [5.74, 6) is -0.155. The van der Waals surface area contributed by atoms with Gasteiger partial charge in [-0.1, -0.05) is 81.4 Å². The number of rotatable bonds is 15. The van der Waals surface area contributed by atoms with Gasteiger partial charge in [0.05, 0.1) is 19.3 Å². The first-order valence-electron chi connectivity index (χ1n) is 16.5. The molecule has 3 aromatic rings. The Bertz CT molecular complexity index is 1520. The molecule has 258 valence electrons. The molecule has 1 fully saturated rings. The van der Waals surface area contributed by atoms with Crippen molar-refractivity contribution in [3.63, 3.8) is 0 Å². The van der Waals surface area contributed by atoms with Crippen LogP contribution in [0.4, 0.5) is 5.82 Å². The Morgan fingerprint density at radius 1 is 0.957 bits per heavy atom. The molecule has 0 amide bonds. The number of nitrogens with zero attached hydrogens (tertiary/aromatic N) is 2. The molecule has 0 spiro atoms. The molecule has 1 aromatic heterocycles. The van der Waals surface area contributed by atoms with Crippen LogP contribution < -0.4 is 21.8 Å². The SMILES string of the molecule is CCOC(C)(OCC)P(=O)(C[C@H]1CC(n2cc(C)c(N)nc2=O)O[C@@H]1CO[Si](c1ccccc1)(c1ccccc1)C(C)(C)C)OCC. The first kappa shape index (κ1) is 37.2. The van der Waals surface area contributed by atoms with Crippen molar-refractivity contribution in [1.29, 1.82) is 0 Å². The predicted octanol–water partition coefficient (Wildman–Crippen LogP) is 5.68. The van der Waals surface area contributed by atoms with Gasteiger partial charge in [-0.15, -0.1) is 0 Å². The Balaban J connectivity index is 1.80. The van der Waals surface area contributed by atoms with Crippen molar-refractivity contribution >= 4 is 31.9 Å². The van der Waals surface area contributed by atoms with Crippen molar-refractivity contribution in [2.24, 2.45) is 5.92 Å². The predicted molar refractivity (Wildman–Crippen MR) is 189 cm³/mol. The fourth-order valence-corrected chi connectivity index (χ4v) is 14.0. The maximum Gasteiger partial charge on any atom is 0.351 e. The maximum atomic E-state index is 14.9. The molecular weight excluding hydrogens is 633 g/mol. The Kier molecular flexibility index (Phi) is 12.1. The first-order valence-corrected chi connectivity index (χ1v) is 20.2. The lowest BCUT2D eigenvalue weighted by Gasteiger charge is -2.44. The quantitative estimate of drug-likeness (QED) is 0.122. The van der Waals surface area contributed by atoms with Crippen molar-refractivity contribution in [2.45, 2.75) is 84.7 Å². The van der Waals surface area contributed by atoms with E-state index in [0.717, 1.165) is 10.4 Å². The fraction of sp³-hybridized carbons (Fsp3) is 0.543. The number of ether oxygens (including phenoxy) is 3. The summed E-state index contributed by atoms with van der Waals surface area (Å²) >= 11 is 0. The highest BCUT2D eigenvalue weighted by Gasteiger charge is 2.54. The highest BCUT2D eigenvalue weighted by atomic mass is 31.2. The van der Waals surface area contributed by atoms with E-state index < -0.39 is 39.2 Å².